The number of pyridine rings is 2. The second-order valence-corrected chi connectivity index (χ2v) is 7.66. The molecular formula is C20H22N6O5. The smallest absolute Gasteiger partial charge is 0.404 e. The lowest BCUT2D eigenvalue weighted by Crippen LogP contribution is -2.17. The van der Waals surface area contributed by atoms with Gasteiger partial charge in [0.15, 0.2) is 11.9 Å². The summed E-state index contributed by atoms with van der Waals surface area (Å²) in [6.07, 6.45) is 3.92. The van der Waals surface area contributed by atoms with E-state index in [1.54, 1.807) is 23.0 Å². The summed E-state index contributed by atoms with van der Waals surface area (Å²) in [7, 11) is 0. The first kappa shape index (κ1) is 21.7. The van der Waals surface area contributed by atoms with Gasteiger partial charge in [-0.3, -0.25) is 9.67 Å². The van der Waals surface area contributed by atoms with Crippen LogP contribution in [0.4, 0.5) is 10.6 Å². The first-order chi connectivity index (χ1) is 14.6. The molecule has 0 aliphatic heterocycles. The van der Waals surface area contributed by atoms with Crippen molar-refractivity contribution >= 4 is 11.9 Å². The lowest BCUT2D eigenvalue weighted by Gasteiger charge is -2.18. The Morgan fingerprint density at radius 2 is 2.00 bits per heavy atom. The standard InChI is InChI=1S/C20H22N6O5/c1-20(2,3)15-12-25(8-9-30-19(21)27)24-18(15)16-10-13(6-7-22-16)31-14-4-5-17(23-11-14)26(28)29/h4-7,10-12H,8-9H2,1-3H3,(H2,21,27). The van der Waals surface area contributed by atoms with Crippen molar-refractivity contribution in [3.05, 3.63) is 58.5 Å². The first-order valence-corrected chi connectivity index (χ1v) is 9.38. The molecule has 31 heavy (non-hydrogen) atoms. The van der Waals surface area contributed by atoms with Crippen LogP contribution in [0.1, 0.15) is 26.3 Å². The SMILES string of the molecule is CC(C)(C)c1cn(CCOC(N)=O)nc1-c1cc(Oc2ccc([N+](=O)[O-])nc2)ccn1. The van der Waals surface area contributed by atoms with Gasteiger partial charge < -0.3 is 25.3 Å². The third kappa shape index (κ3) is 5.53. The van der Waals surface area contributed by atoms with Gasteiger partial charge in [0.25, 0.3) is 0 Å². The largest absolute Gasteiger partial charge is 0.453 e. The number of ether oxygens (including phenoxy) is 2. The summed E-state index contributed by atoms with van der Waals surface area (Å²) in [5.74, 6) is 0.573. The van der Waals surface area contributed by atoms with E-state index in [4.69, 9.17) is 15.2 Å². The van der Waals surface area contributed by atoms with Gasteiger partial charge >= 0.3 is 11.9 Å². The maximum absolute atomic E-state index is 10.8. The minimum absolute atomic E-state index is 0.101. The number of carbonyl (C=O) groups is 1. The normalized spacial score (nSPS) is 11.2. The van der Waals surface area contributed by atoms with Crippen LogP contribution in [0.15, 0.2) is 42.9 Å². The van der Waals surface area contributed by atoms with Gasteiger partial charge in [-0.1, -0.05) is 20.8 Å². The number of nitrogens with zero attached hydrogens (tertiary/aromatic N) is 5. The zero-order valence-electron chi connectivity index (χ0n) is 17.3. The molecule has 0 aliphatic rings. The maximum Gasteiger partial charge on any atom is 0.404 e. The summed E-state index contributed by atoms with van der Waals surface area (Å²) in [5, 5.41) is 15.3. The van der Waals surface area contributed by atoms with E-state index in [1.807, 2.05) is 6.20 Å². The van der Waals surface area contributed by atoms with Crippen LogP contribution in [-0.4, -0.2) is 37.4 Å². The number of nitrogens with two attached hydrogens (primary N) is 1. The summed E-state index contributed by atoms with van der Waals surface area (Å²) < 4.78 is 12.2. The molecule has 0 atom stereocenters. The van der Waals surface area contributed by atoms with Crippen molar-refractivity contribution < 1.29 is 19.2 Å². The number of hydrogen-bond acceptors (Lipinski definition) is 8. The topological polar surface area (TPSA) is 148 Å². The van der Waals surface area contributed by atoms with Crippen LogP contribution in [0.2, 0.25) is 0 Å². The highest BCUT2D eigenvalue weighted by Gasteiger charge is 2.24. The first-order valence-electron chi connectivity index (χ1n) is 9.38. The number of primary amides is 1. The van der Waals surface area contributed by atoms with Gasteiger partial charge in [0.2, 0.25) is 0 Å². The molecule has 1 amide bonds. The van der Waals surface area contributed by atoms with E-state index in [1.165, 1.54) is 18.3 Å². The highest BCUT2D eigenvalue weighted by Crippen LogP contribution is 2.33. The highest BCUT2D eigenvalue weighted by atomic mass is 16.6. The average Bonchev–Trinajstić information content (AvgIpc) is 3.13. The Hall–Kier alpha value is -4.02. The molecule has 0 aromatic carbocycles. The lowest BCUT2D eigenvalue weighted by molar-refractivity contribution is -0.389. The zero-order chi connectivity index (χ0) is 22.6. The van der Waals surface area contributed by atoms with Crippen LogP contribution < -0.4 is 10.5 Å². The van der Waals surface area contributed by atoms with Crippen molar-refractivity contribution in [3.63, 3.8) is 0 Å². The van der Waals surface area contributed by atoms with Crippen molar-refractivity contribution in [2.45, 2.75) is 32.7 Å². The van der Waals surface area contributed by atoms with E-state index in [0.717, 1.165) is 5.56 Å². The monoisotopic (exact) mass is 426 g/mol. The number of aromatic nitrogens is 4. The molecule has 0 bridgehead atoms. The molecule has 3 heterocycles. The molecule has 162 valence electrons. The van der Waals surface area contributed by atoms with E-state index >= 15 is 0 Å². The number of hydrogen-bond donors (Lipinski definition) is 1. The maximum atomic E-state index is 10.8. The second-order valence-electron chi connectivity index (χ2n) is 7.66. The van der Waals surface area contributed by atoms with Crippen LogP contribution in [0.25, 0.3) is 11.4 Å². The van der Waals surface area contributed by atoms with E-state index in [0.29, 0.717) is 29.4 Å². The fourth-order valence-corrected chi connectivity index (χ4v) is 2.79. The van der Waals surface area contributed by atoms with Gasteiger partial charge in [-0.05, 0) is 27.5 Å². The van der Waals surface area contributed by atoms with Crippen LogP contribution in [0.3, 0.4) is 0 Å². The van der Waals surface area contributed by atoms with E-state index in [2.05, 4.69) is 35.8 Å². The summed E-state index contributed by atoms with van der Waals surface area (Å²) in [5.41, 5.74) is 6.99. The van der Waals surface area contributed by atoms with E-state index in [9.17, 15) is 14.9 Å². The minimum atomic E-state index is -0.837. The molecule has 0 unspecified atom stereocenters. The number of amides is 1. The van der Waals surface area contributed by atoms with Crippen LogP contribution >= 0.6 is 0 Å². The molecule has 3 aromatic heterocycles. The van der Waals surface area contributed by atoms with Crippen molar-refractivity contribution in [3.8, 4) is 22.9 Å². The molecule has 0 radical (unpaired) electrons. The average molecular weight is 426 g/mol. The van der Waals surface area contributed by atoms with Crippen molar-refractivity contribution in [2.75, 3.05) is 6.61 Å². The molecule has 0 spiro atoms. The van der Waals surface area contributed by atoms with E-state index in [-0.39, 0.29) is 17.8 Å². The molecule has 0 saturated heterocycles. The molecule has 3 rings (SSSR count). The molecule has 11 heteroatoms. The molecule has 0 aliphatic carbocycles. The van der Waals surface area contributed by atoms with Gasteiger partial charge in [-0.25, -0.2) is 4.79 Å². The fourth-order valence-electron chi connectivity index (χ4n) is 2.79. The third-order valence-corrected chi connectivity index (χ3v) is 4.25. The molecule has 0 saturated carbocycles. The summed E-state index contributed by atoms with van der Waals surface area (Å²) in [4.78, 5) is 29.1. The van der Waals surface area contributed by atoms with Crippen LogP contribution in [0, 0.1) is 10.1 Å². The molecule has 3 aromatic rings. The number of carbonyl (C=O) groups excluding carboxylic acids is 1. The Labute approximate surface area is 178 Å². The van der Waals surface area contributed by atoms with Crippen LogP contribution in [0.5, 0.6) is 11.5 Å². The van der Waals surface area contributed by atoms with Gasteiger partial charge in [0, 0.05) is 30.1 Å². The predicted octanol–water partition coefficient (Wildman–Crippen LogP) is 3.43. The van der Waals surface area contributed by atoms with Gasteiger partial charge in [-0.2, -0.15) is 5.10 Å². The summed E-state index contributed by atoms with van der Waals surface area (Å²) in [6.45, 7) is 6.61. The predicted molar refractivity (Wildman–Crippen MR) is 111 cm³/mol. The Morgan fingerprint density at radius 3 is 2.61 bits per heavy atom. The van der Waals surface area contributed by atoms with Crippen molar-refractivity contribution in [2.24, 2.45) is 5.73 Å². The number of nitro groups is 1. The molecule has 0 fully saturated rings. The minimum Gasteiger partial charge on any atom is -0.453 e. The highest BCUT2D eigenvalue weighted by molar-refractivity contribution is 5.64. The Balaban J connectivity index is 1.87. The second kappa shape index (κ2) is 8.78. The molecule has 11 nitrogen and oxygen atoms in total. The summed E-state index contributed by atoms with van der Waals surface area (Å²) >= 11 is 0. The van der Waals surface area contributed by atoms with Crippen molar-refractivity contribution in [1.29, 1.82) is 0 Å². The Kier molecular flexibility index (Phi) is 6.14. The molecule has 2 N–H and O–H groups in total. The number of rotatable bonds is 7. The Bertz CT molecular complexity index is 1090. The fraction of sp³-hybridized carbons (Fsp3) is 0.300. The van der Waals surface area contributed by atoms with Crippen LogP contribution in [-0.2, 0) is 16.7 Å². The van der Waals surface area contributed by atoms with Crippen molar-refractivity contribution in [1.82, 2.24) is 19.7 Å². The van der Waals surface area contributed by atoms with Gasteiger partial charge in [0.1, 0.15) is 18.1 Å². The molecular weight excluding hydrogens is 404 g/mol. The zero-order valence-corrected chi connectivity index (χ0v) is 17.3. The third-order valence-electron chi connectivity index (χ3n) is 4.25. The summed E-state index contributed by atoms with van der Waals surface area (Å²) in [6, 6.07) is 6.13. The quantitative estimate of drug-likeness (QED) is 0.446. The lowest BCUT2D eigenvalue weighted by atomic mass is 9.86. The van der Waals surface area contributed by atoms with E-state index < -0.39 is 11.0 Å². The Morgan fingerprint density at radius 1 is 1.23 bits per heavy atom. The van der Waals surface area contributed by atoms with Gasteiger partial charge in [0.05, 0.1) is 12.2 Å². The van der Waals surface area contributed by atoms with Gasteiger partial charge in [-0.15, -0.1) is 0 Å².